The second-order valence-corrected chi connectivity index (χ2v) is 5.32. The number of methoxy groups -OCH3 is 2. The number of aryl methyl sites for hydroxylation is 1. The van der Waals surface area contributed by atoms with Gasteiger partial charge in [0.1, 0.15) is 17.3 Å². The molecule has 0 aliphatic carbocycles. The van der Waals surface area contributed by atoms with Crippen LogP contribution in [-0.2, 0) is 6.54 Å². The normalized spacial score (nSPS) is 10.3. The Labute approximate surface area is 135 Å². The van der Waals surface area contributed by atoms with E-state index in [0.717, 1.165) is 11.1 Å². The van der Waals surface area contributed by atoms with Gasteiger partial charge in [-0.05, 0) is 25.1 Å². The molecular formula is C18H20FNO3. The van der Waals surface area contributed by atoms with Crippen molar-refractivity contribution in [3.8, 4) is 11.5 Å². The fraction of sp³-hybridized carbons (Fsp3) is 0.278. The van der Waals surface area contributed by atoms with E-state index in [1.807, 2.05) is 25.1 Å². The first-order chi connectivity index (χ1) is 11.0. The van der Waals surface area contributed by atoms with Gasteiger partial charge in [-0.1, -0.05) is 17.7 Å². The summed E-state index contributed by atoms with van der Waals surface area (Å²) in [6.45, 7) is 2.29. The van der Waals surface area contributed by atoms with Gasteiger partial charge >= 0.3 is 0 Å². The van der Waals surface area contributed by atoms with Crippen LogP contribution in [0.1, 0.15) is 21.5 Å². The zero-order chi connectivity index (χ0) is 17.0. The Morgan fingerprint density at radius 1 is 1.13 bits per heavy atom. The minimum Gasteiger partial charge on any atom is -0.497 e. The molecule has 0 unspecified atom stereocenters. The molecule has 0 saturated heterocycles. The molecule has 23 heavy (non-hydrogen) atoms. The summed E-state index contributed by atoms with van der Waals surface area (Å²) in [7, 11) is 4.67. The number of ether oxygens (including phenoxy) is 2. The lowest BCUT2D eigenvalue weighted by atomic mass is 10.1. The number of hydrogen-bond donors (Lipinski definition) is 0. The largest absolute Gasteiger partial charge is 0.497 e. The topological polar surface area (TPSA) is 38.8 Å². The van der Waals surface area contributed by atoms with Crippen molar-refractivity contribution in [3.63, 3.8) is 0 Å². The summed E-state index contributed by atoms with van der Waals surface area (Å²) in [4.78, 5) is 13.9. The fourth-order valence-electron chi connectivity index (χ4n) is 2.36. The highest BCUT2D eigenvalue weighted by molar-refractivity contribution is 5.94. The van der Waals surface area contributed by atoms with Crippen LogP contribution in [-0.4, -0.2) is 32.1 Å². The summed E-state index contributed by atoms with van der Waals surface area (Å²) in [5.74, 6) is 0.0821. The van der Waals surface area contributed by atoms with Gasteiger partial charge in [0.2, 0.25) is 0 Å². The molecule has 0 heterocycles. The Morgan fingerprint density at radius 3 is 2.48 bits per heavy atom. The van der Waals surface area contributed by atoms with E-state index in [1.165, 1.54) is 24.1 Å². The van der Waals surface area contributed by atoms with Crippen molar-refractivity contribution in [2.75, 3.05) is 21.3 Å². The molecule has 2 rings (SSSR count). The van der Waals surface area contributed by atoms with E-state index in [0.29, 0.717) is 18.0 Å². The minimum absolute atomic E-state index is 0.0138. The molecule has 5 heteroatoms. The molecule has 0 radical (unpaired) electrons. The molecule has 0 aliphatic heterocycles. The second kappa shape index (κ2) is 7.13. The van der Waals surface area contributed by atoms with Gasteiger partial charge in [0.05, 0.1) is 19.8 Å². The fourth-order valence-corrected chi connectivity index (χ4v) is 2.36. The van der Waals surface area contributed by atoms with Crippen molar-refractivity contribution < 1.29 is 18.7 Å². The van der Waals surface area contributed by atoms with Crippen molar-refractivity contribution in [3.05, 3.63) is 58.9 Å². The summed E-state index contributed by atoms with van der Waals surface area (Å²) in [5.41, 5.74) is 1.95. The molecule has 2 aromatic rings. The molecule has 0 fully saturated rings. The molecule has 0 spiro atoms. The predicted octanol–water partition coefficient (Wildman–Crippen LogP) is 3.42. The highest BCUT2D eigenvalue weighted by Crippen LogP contribution is 2.23. The summed E-state index contributed by atoms with van der Waals surface area (Å²) in [5, 5.41) is 0. The Bertz CT molecular complexity index is 715. The lowest BCUT2D eigenvalue weighted by Crippen LogP contribution is -2.27. The van der Waals surface area contributed by atoms with Crippen LogP contribution >= 0.6 is 0 Å². The summed E-state index contributed by atoms with van der Waals surface area (Å²) < 4.78 is 24.3. The molecule has 2 aromatic carbocycles. The number of halogens is 1. The number of carbonyl (C=O) groups excluding carboxylic acids is 1. The average molecular weight is 317 g/mol. The van der Waals surface area contributed by atoms with E-state index in [1.54, 1.807) is 20.2 Å². The highest BCUT2D eigenvalue weighted by atomic mass is 19.1. The number of hydrogen-bond acceptors (Lipinski definition) is 3. The Balaban J connectivity index is 2.22. The van der Waals surface area contributed by atoms with Gasteiger partial charge in [0, 0.05) is 25.2 Å². The summed E-state index contributed by atoms with van der Waals surface area (Å²) >= 11 is 0. The molecule has 0 aromatic heterocycles. The number of amides is 1. The van der Waals surface area contributed by atoms with E-state index in [9.17, 15) is 9.18 Å². The van der Waals surface area contributed by atoms with E-state index < -0.39 is 11.7 Å². The SMILES string of the molecule is COc1ccc(C(=O)N(C)Cc2cc(C)ccc2OC)c(F)c1. The molecule has 0 N–H and O–H groups in total. The van der Waals surface area contributed by atoms with Crippen LogP contribution in [0.3, 0.4) is 0 Å². The number of rotatable bonds is 5. The van der Waals surface area contributed by atoms with Crippen LogP contribution < -0.4 is 9.47 Å². The zero-order valence-electron chi connectivity index (χ0n) is 13.7. The van der Waals surface area contributed by atoms with E-state index in [-0.39, 0.29) is 5.56 Å². The quantitative estimate of drug-likeness (QED) is 0.848. The average Bonchev–Trinajstić information content (AvgIpc) is 2.54. The maximum Gasteiger partial charge on any atom is 0.256 e. The standard InChI is InChI=1S/C18H20FNO3/c1-12-5-8-17(23-4)13(9-12)11-20(2)18(21)15-7-6-14(22-3)10-16(15)19/h5-10H,11H2,1-4H3. The monoisotopic (exact) mass is 317 g/mol. The van der Waals surface area contributed by atoms with Gasteiger partial charge in [0.25, 0.3) is 5.91 Å². The minimum atomic E-state index is -0.600. The van der Waals surface area contributed by atoms with Gasteiger partial charge in [-0.3, -0.25) is 4.79 Å². The van der Waals surface area contributed by atoms with Crippen LogP contribution in [0, 0.1) is 12.7 Å². The number of nitrogens with zero attached hydrogens (tertiary/aromatic N) is 1. The Hall–Kier alpha value is -2.56. The van der Waals surface area contributed by atoms with Gasteiger partial charge in [-0.15, -0.1) is 0 Å². The van der Waals surface area contributed by atoms with Crippen LogP contribution in [0.5, 0.6) is 11.5 Å². The molecule has 4 nitrogen and oxygen atoms in total. The third-order valence-corrected chi connectivity index (χ3v) is 3.60. The van der Waals surface area contributed by atoms with E-state index in [2.05, 4.69) is 0 Å². The first-order valence-electron chi connectivity index (χ1n) is 7.18. The van der Waals surface area contributed by atoms with Crippen LogP contribution in [0.25, 0.3) is 0 Å². The Morgan fingerprint density at radius 2 is 1.87 bits per heavy atom. The zero-order valence-corrected chi connectivity index (χ0v) is 13.7. The molecule has 0 saturated carbocycles. The third-order valence-electron chi connectivity index (χ3n) is 3.60. The van der Waals surface area contributed by atoms with Crippen molar-refractivity contribution in [1.82, 2.24) is 4.90 Å². The maximum absolute atomic E-state index is 14.0. The first-order valence-corrected chi connectivity index (χ1v) is 7.18. The smallest absolute Gasteiger partial charge is 0.256 e. The summed E-state index contributed by atoms with van der Waals surface area (Å²) in [6.07, 6.45) is 0. The predicted molar refractivity (Wildman–Crippen MR) is 86.5 cm³/mol. The van der Waals surface area contributed by atoms with Crippen molar-refractivity contribution in [1.29, 1.82) is 0 Å². The van der Waals surface area contributed by atoms with Crippen molar-refractivity contribution in [2.24, 2.45) is 0 Å². The molecule has 122 valence electrons. The highest BCUT2D eigenvalue weighted by Gasteiger charge is 2.18. The number of carbonyl (C=O) groups is 1. The van der Waals surface area contributed by atoms with Gasteiger partial charge in [-0.25, -0.2) is 4.39 Å². The molecule has 0 aliphatic rings. The lowest BCUT2D eigenvalue weighted by molar-refractivity contribution is 0.0779. The lowest BCUT2D eigenvalue weighted by Gasteiger charge is -2.20. The van der Waals surface area contributed by atoms with Gasteiger partial charge in [-0.2, -0.15) is 0 Å². The second-order valence-electron chi connectivity index (χ2n) is 5.32. The van der Waals surface area contributed by atoms with Gasteiger partial charge < -0.3 is 14.4 Å². The van der Waals surface area contributed by atoms with E-state index >= 15 is 0 Å². The van der Waals surface area contributed by atoms with E-state index in [4.69, 9.17) is 9.47 Å². The molecule has 1 amide bonds. The Kier molecular flexibility index (Phi) is 5.21. The summed E-state index contributed by atoms with van der Waals surface area (Å²) in [6, 6.07) is 9.95. The third kappa shape index (κ3) is 3.80. The first kappa shape index (κ1) is 16.8. The van der Waals surface area contributed by atoms with Crippen LogP contribution in [0.2, 0.25) is 0 Å². The van der Waals surface area contributed by atoms with Crippen molar-refractivity contribution >= 4 is 5.91 Å². The molecule has 0 atom stereocenters. The maximum atomic E-state index is 14.0. The van der Waals surface area contributed by atoms with Crippen molar-refractivity contribution in [2.45, 2.75) is 13.5 Å². The molecular weight excluding hydrogens is 297 g/mol. The van der Waals surface area contributed by atoms with Gasteiger partial charge in [0.15, 0.2) is 0 Å². The number of benzene rings is 2. The van der Waals surface area contributed by atoms with Crippen LogP contribution in [0.4, 0.5) is 4.39 Å². The van der Waals surface area contributed by atoms with Crippen LogP contribution in [0.15, 0.2) is 36.4 Å². The molecule has 0 bridgehead atoms.